The molecule has 0 fully saturated rings. The van der Waals surface area contributed by atoms with Crippen molar-refractivity contribution in [2.45, 2.75) is 5.54 Å². The first kappa shape index (κ1) is 12.0. The fourth-order valence-corrected chi connectivity index (χ4v) is 3.17. The molecule has 0 radical (unpaired) electrons. The first-order valence-corrected chi connectivity index (χ1v) is 6.93. The number of para-hydroxylation sites is 1. The normalized spacial score (nSPS) is 20.1. The van der Waals surface area contributed by atoms with Crippen LogP contribution in [0, 0.1) is 0 Å². The van der Waals surface area contributed by atoms with Gasteiger partial charge in [0.15, 0.2) is 5.54 Å². The lowest BCUT2D eigenvalue weighted by molar-refractivity contribution is -0.120. The molecule has 21 heavy (non-hydrogen) atoms. The minimum absolute atomic E-state index is 0.0221. The van der Waals surface area contributed by atoms with Gasteiger partial charge in [0.05, 0.1) is 0 Å². The molecule has 0 spiro atoms. The molecule has 3 heteroatoms. The number of anilines is 1. The second-order valence-electron chi connectivity index (χ2n) is 5.17. The van der Waals surface area contributed by atoms with Crippen molar-refractivity contribution in [2.24, 2.45) is 0 Å². The van der Waals surface area contributed by atoms with Crippen molar-refractivity contribution in [2.75, 3.05) is 5.32 Å². The van der Waals surface area contributed by atoms with Gasteiger partial charge in [-0.25, -0.2) is 0 Å². The van der Waals surface area contributed by atoms with Crippen LogP contribution in [0.3, 0.4) is 0 Å². The summed E-state index contributed by atoms with van der Waals surface area (Å²) in [5, 5.41) is 3.02. The molecule has 2 heterocycles. The van der Waals surface area contributed by atoms with Crippen molar-refractivity contribution in [1.29, 1.82) is 0 Å². The van der Waals surface area contributed by atoms with Crippen molar-refractivity contribution in [1.82, 2.24) is 4.57 Å². The van der Waals surface area contributed by atoms with E-state index in [0.29, 0.717) is 0 Å². The van der Waals surface area contributed by atoms with Crippen LogP contribution in [-0.2, 0) is 10.3 Å². The predicted molar refractivity (Wildman–Crippen MR) is 82.1 cm³/mol. The summed E-state index contributed by atoms with van der Waals surface area (Å²) in [6.45, 7) is 0. The summed E-state index contributed by atoms with van der Waals surface area (Å²) in [4.78, 5) is 12.9. The summed E-state index contributed by atoms with van der Waals surface area (Å²) in [6, 6.07) is 21.7. The summed E-state index contributed by atoms with van der Waals surface area (Å²) in [5.41, 5.74) is 1.99. The van der Waals surface area contributed by atoms with Crippen LogP contribution in [0.4, 0.5) is 5.69 Å². The van der Waals surface area contributed by atoms with Crippen molar-refractivity contribution < 1.29 is 4.79 Å². The van der Waals surface area contributed by atoms with Crippen LogP contribution in [0.25, 0.3) is 0 Å². The molecule has 0 saturated heterocycles. The molecule has 0 bridgehead atoms. The van der Waals surface area contributed by atoms with Gasteiger partial charge in [0, 0.05) is 23.6 Å². The molecule has 1 N–H and O–H groups in total. The molecule has 0 unspecified atom stereocenters. The highest BCUT2D eigenvalue weighted by Crippen LogP contribution is 2.43. The Morgan fingerprint density at radius 3 is 2.24 bits per heavy atom. The molecular weight excluding hydrogens is 260 g/mol. The van der Waals surface area contributed by atoms with Gasteiger partial charge >= 0.3 is 0 Å². The second kappa shape index (κ2) is 4.35. The molecule has 102 valence electrons. The van der Waals surface area contributed by atoms with Gasteiger partial charge < -0.3 is 9.88 Å². The Hall–Kier alpha value is -2.81. The molecule has 0 saturated carbocycles. The van der Waals surface area contributed by atoms with E-state index in [0.717, 1.165) is 16.8 Å². The lowest BCUT2D eigenvalue weighted by Crippen LogP contribution is -2.42. The van der Waals surface area contributed by atoms with E-state index in [1.54, 1.807) is 0 Å². The van der Waals surface area contributed by atoms with E-state index < -0.39 is 5.54 Å². The first-order chi connectivity index (χ1) is 10.3. The van der Waals surface area contributed by atoms with E-state index >= 15 is 0 Å². The zero-order chi connectivity index (χ0) is 14.3. The molecule has 1 aliphatic rings. The van der Waals surface area contributed by atoms with Gasteiger partial charge in [0.1, 0.15) is 0 Å². The van der Waals surface area contributed by atoms with Crippen LogP contribution in [0.2, 0.25) is 0 Å². The van der Waals surface area contributed by atoms with Gasteiger partial charge in [-0.1, -0.05) is 48.5 Å². The Morgan fingerprint density at radius 1 is 0.810 bits per heavy atom. The van der Waals surface area contributed by atoms with Gasteiger partial charge in [-0.05, 0) is 23.8 Å². The van der Waals surface area contributed by atoms with Gasteiger partial charge in [-0.3, -0.25) is 4.79 Å². The van der Waals surface area contributed by atoms with Crippen LogP contribution < -0.4 is 5.32 Å². The minimum Gasteiger partial charge on any atom is -0.332 e. The molecule has 1 aromatic heterocycles. The summed E-state index contributed by atoms with van der Waals surface area (Å²) >= 11 is 0. The summed E-state index contributed by atoms with van der Waals surface area (Å²) in [7, 11) is 0. The standard InChI is InChI=1S/C18H14N2O/c21-17-18(20-12-6-7-13-20,14-8-2-1-3-9-14)15-10-4-5-11-16(15)19-17/h1-13H,(H,19,21)/t18-/m1/s1. The van der Waals surface area contributed by atoms with E-state index in [1.807, 2.05) is 83.7 Å². The quantitative estimate of drug-likeness (QED) is 0.765. The number of benzene rings is 2. The van der Waals surface area contributed by atoms with Gasteiger partial charge in [-0.2, -0.15) is 0 Å². The number of fused-ring (bicyclic) bond motifs is 1. The molecule has 4 rings (SSSR count). The van der Waals surface area contributed by atoms with E-state index in [1.165, 1.54) is 0 Å². The number of hydrogen-bond acceptors (Lipinski definition) is 1. The highest BCUT2D eigenvalue weighted by Gasteiger charge is 2.49. The first-order valence-electron chi connectivity index (χ1n) is 6.93. The Kier molecular flexibility index (Phi) is 2.48. The highest BCUT2D eigenvalue weighted by molar-refractivity contribution is 6.08. The number of rotatable bonds is 2. The van der Waals surface area contributed by atoms with E-state index in [9.17, 15) is 4.79 Å². The van der Waals surface area contributed by atoms with Gasteiger partial charge in [0.25, 0.3) is 5.91 Å². The fraction of sp³-hybridized carbons (Fsp3) is 0.0556. The lowest BCUT2D eigenvalue weighted by Gasteiger charge is -2.30. The molecule has 1 amide bonds. The topological polar surface area (TPSA) is 34.0 Å². The molecule has 0 aliphatic carbocycles. The molecule has 1 atom stereocenters. The Balaban J connectivity index is 2.09. The van der Waals surface area contributed by atoms with Crippen molar-refractivity contribution in [3.63, 3.8) is 0 Å². The monoisotopic (exact) mass is 274 g/mol. The third kappa shape index (κ3) is 1.51. The smallest absolute Gasteiger partial charge is 0.260 e. The Morgan fingerprint density at radius 2 is 1.48 bits per heavy atom. The summed E-state index contributed by atoms with van der Waals surface area (Å²) in [6.07, 6.45) is 3.88. The second-order valence-corrected chi connectivity index (χ2v) is 5.17. The molecule has 2 aromatic carbocycles. The number of amides is 1. The molecule has 3 aromatic rings. The maximum absolute atomic E-state index is 12.9. The minimum atomic E-state index is -0.832. The maximum atomic E-state index is 12.9. The Labute approximate surface area is 122 Å². The average Bonchev–Trinajstić information content (AvgIpc) is 3.14. The Bertz CT molecular complexity index is 793. The number of carbonyl (C=O) groups is 1. The van der Waals surface area contributed by atoms with Crippen LogP contribution in [0.5, 0.6) is 0 Å². The molecule has 3 nitrogen and oxygen atoms in total. The van der Waals surface area contributed by atoms with Crippen molar-refractivity contribution in [3.05, 3.63) is 90.3 Å². The van der Waals surface area contributed by atoms with Crippen LogP contribution in [0.15, 0.2) is 79.1 Å². The third-order valence-electron chi connectivity index (χ3n) is 4.08. The van der Waals surface area contributed by atoms with Gasteiger partial charge in [0.2, 0.25) is 0 Å². The van der Waals surface area contributed by atoms with Gasteiger partial charge in [-0.15, -0.1) is 0 Å². The van der Waals surface area contributed by atoms with E-state index in [2.05, 4.69) is 5.32 Å². The SMILES string of the molecule is O=C1Nc2ccccc2[C@@]1(c1ccccc1)n1cccc1. The van der Waals surface area contributed by atoms with Crippen molar-refractivity contribution in [3.8, 4) is 0 Å². The zero-order valence-corrected chi connectivity index (χ0v) is 11.4. The number of hydrogen-bond donors (Lipinski definition) is 1. The number of aromatic nitrogens is 1. The number of nitrogens with zero attached hydrogens (tertiary/aromatic N) is 1. The maximum Gasteiger partial charge on any atom is 0.260 e. The lowest BCUT2D eigenvalue weighted by atomic mass is 9.83. The molecule has 1 aliphatic heterocycles. The third-order valence-corrected chi connectivity index (χ3v) is 4.08. The molecular formula is C18H14N2O. The number of carbonyl (C=O) groups excluding carboxylic acids is 1. The zero-order valence-electron chi connectivity index (χ0n) is 11.4. The number of nitrogens with one attached hydrogen (secondary N) is 1. The largest absolute Gasteiger partial charge is 0.332 e. The van der Waals surface area contributed by atoms with Crippen molar-refractivity contribution >= 4 is 11.6 Å². The van der Waals surface area contributed by atoms with E-state index in [4.69, 9.17) is 0 Å². The van der Waals surface area contributed by atoms with E-state index in [-0.39, 0.29) is 5.91 Å². The summed E-state index contributed by atoms with van der Waals surface area (Å²) in [5.74, 6) is -0.0221. The predicted octanol–water partition coefficient (Wildman–Crippen LogP) is 3.23. The average molecular weight is 274 g/mol. The van der Waals surface area contributed by atoms with Crippen LogP contribution >= 0.6 is 0 Å². The summed E-state index contributed by atoms with van der Waals surface area (Å²) < 4.78 is 1.98. The fourth-order valence-electron chi connectivity index (χ4n) is 3.17. The van der Waals surface area contributed by atoms with Crippen LogP contribution in [-0.4, -0.2) is 10.5 Å². The van der Waals surface area contributed by atoms with Crippen LogP contribution in [0.1, 0.15) is 11.1 Å². The highest BCUT2D eigenvalue weighted by atomic mass is 16.2.